The molecule has 0 aromatic heterocycles. The number of carbonyl (C=O) groups is 4. The van der Waals surface area contributed by atoms with Gasteiger partial charge in [-0.05, 0) is 116 Å². The second-order valence-electron chi connectivity index (χ2n) is 18.6. The van der Waals surface area contributed by atoms with Crippen molar-refractivity contribution in [2.45, 2.75) is 96.7 Å². The highest BCUT2D eigenvalue weighted by Gasteiger charge is 2.51. The van der Waals surface area contributed by atoms with Gasteiger partial charge >= 0.3 is 6.18 Å². The van der Waals surface area contributed by atoms with Crippen molar-refractivity contribution in [2.75, 3.05) is 55.9 Å². The van der Waals surface area contributed by atoms with Gasteiger partial charge in [-0.15, -0.1) is 0 Å². The molecule has 3 atom stereocenters. The van der Waals surface area contributed by atoms with Gasteiger partial charge in [-0.25, -0.2) is 0 Å². The number of hydrogen-bond donors (Lipinski definition) is 3. The Hall–Kier alpha value is -6.20. The number of nitriles is 1. The van der Waals surface area contributed by atoms with Crippen LogP contribution in [0.3, 0.4) is 0 Å². The molecule has 0 bridgehead atoms. The van der Waals surface area contributed by atoms with E-state index in [2.05, 4.69) is 15.6 Å². The number of amides is 4. The Morgan fingerprint density at radius 2 is 1.62 bits per heavy atom. The number of nitrogens with zero attached hydrogens (tertiary/aromatic N) is 5. The zero-order chi connectivity index (χ0) is 50.1. The van der Waals surface area contributed by atoms with Gasteiger partial charge < -0.3 is 39.8 Å². The first-order chi connectivity index (χ1) is 32.7. The topological polar surface area (TPSA) is 186 Å². The van der Waals surface area contributed by atoms with Crippen molar-refractivity contribution in [3.63, 3.8) is 0 Å². The quantitative estimate of drug-likeness (QED) is 0.0847. The molecule has 0 aliphatic carbocycles. The van der Waals surface area contributed by atoms with Crippen molar-refractivity contribution in [2.24, 2.45) is 10.4 Å². The number of thiocarbonyl (C=S) groups is 1. The van der Waals surface area contributed by atoms with Crippen LogP contribution in [0.1, 0.15) is 82.6 Å². The van der Waals surface area contributed by atoms with E-state index in [0.29, 0.717) is 57.1 Å². The lowest BCUT2D eigenvalue weighted by atomic mass is 9.85. The number of alkyl halides is 3. The lowest BCUT2D eigenvalue weighted by Gasteiger charge is -2.35. The number of nitrogens with one attached hydrogen (secondary N) is 2. The summed E-state index contributed by atoms with van der Waals surface area (Å²) in [6.07, 6.45) is 0.0662. The monoisotopic (exact) mass is 973 g/mol. The van der Waals surface area contributed by atoms with Crippen molar-refractivity contribution in [3.05, 3.63) is 95.1 Å². The van der Waals surface area contributed by atoms with Crippen LogP contribution in [0.4, 0.5) is 24.5 Å². The number of likely N-dealkylation sites (tertiary alicyclic amines) is 1. The van der Waals surface area contributed by atoms with Gasteiger partial charge in [-0.3, -0.25) is 29.1 Å². The van der Waals surface area contributed by atoms with Gasteiger partial charge in [0, 0.05) is 51.2 Å². The maximum Gasteiger partial charge on any atom is 0.417 e. The highest BCUT2D eigenvalue weighted by molar-refractivity contribution is 7.81. The number of benzene rings is 3. The first-order valence-corrected chi connectivity index (χ1v) is 23.1. The van der Waals surface area contributed by atoms with E-state index in [0.717, 1.165) is 33.7 Å². The van der Waals surface area contributed by atoms with Crippen molar-refractivity contribution < 1.29 is 51.7 Å². The summed E-state index contributed by atoms with van der Waals surface area (Å²) in [6.45, 7) is 10.8. The number of unbranched alkanes of at least 4 members (excludes halogenated alkanes) is 1. The third-order valence-corrected chi connectivity index (χ3v) is 12.3. The number of halogens is 3. The Kier molecular flexibility index (Phi) is 17.0. The van der Waals surface area contributed by atoms with E-state index in [1.165, 1.54) is 11.0 Å². The molecule has 3 aliphatic heterocycles. The summed E-state index contributed by atoms with van der Waals surface area (Å²) in [5.74, 6) is -1.29. The van der Waals surface area contributed by atoms with Gasteiger partial charge in [0.25, 0.3) is 5.91 Å². The number of hydrogen-bond acceptors (Lipinski definition) is 11. The van der Waals surface area contributed by atoms with Crippen molar-refractivity contribution in [3.8, 4) is 11.8 Å². The minimum atomic E-state index is -4.80. The summed E-state index contributed by atoms with van der Waals surface area (Å²) in [7, 11) is 0. The van der Waals surface area contributed by atoms with Crippen LogP contribution in [0.15, 0.2) is 77.8 Å². The minimum absolute atomic E-state index is 0.00654. The molecule has 4 amide bonds. The molecule has 3 heterocycles. The first kappa shape index (κ1) is 52.2. The van der Waals surface area contributed by atoms with Crippen LogP contribution in [-0.2, 0) is 41.4 Å². The number of rotatable bonds is 20. The molecule has 2 saturated heterocycles. The third-order valence-electron chi connectivity index (χ3n) is 11.9. The van der Waals surface area contributed by atoms with Crippen LogP contribution in [-0.4, -0.2) is 115 Å². The Morgan fingerprint density at radius 3 is 2.28 bits per heavy atom. The second-order valence-corrected chi connectivity index (χ2v) is 18.9. The normalized spacial score (nSPS) is 18.3. The van der Waals surface area contributed by atoms with Crippen LogP contribution in [0.25, 0.3) is 5.57 Å². The number of β-amino-alcohol motifs (C(OH)–C–C–N with tert-alkyl or cyclic N) is 1. The van der Waals surface area contributed by atoms with Crippen molar-refractivity contribution in [1.82, 2.24) is 15.5 Å². The maximum absolute atomic E-state index is 13.9. The average molecular weight is 974 g/mol. The molecule has 0 unspecified atom stereocenters. The lowest BCUT2D eigenvalue weighted by molar-refractivity contribution is -0.144. The van der Waals surface area contributed by atoms with E-state index in [9.17, 15) is 42.7 Å². The molecule has 0 spiro atoms. The zero-order valence-corrected chi connectivity index (χ0v) is 40.1. The van der Waals surface area contributed by atoms with Crippen LogP contribution in [0, 0.1) is 16.7 Å². The van der Waals surface area contributed by atoms with Crippen LogP contribution in [0.2, 0.25) is 0 Å². The summed E-state index contributed by atoms with van der Waals surface area (Å²) in [6, 6.07) is 17.4. The highest BCUT2D eigenvalue weighted by atomic mass is 32.1. The lowest BCUT2D eigenvalue weighted by Crippen LogP contribution is -2.58. The van der Waals surface area contributed by atoms with Gasteiger partial charge in [0.05, 0.1) is 42.1 Å². The van der Waals surface area contributed by atoms with E-state index in [1.54, 1.807) is 55.3 Å². The van der Waals surface area contributed by atoms with Gasteiger partial charge in [-0.1, -0.05) is 45.0 Å². The molecule has 3 aromatic rings. The van der Waals surface area contributed by atoms with E-state index < -0.39 is 64.2 Å². The fourth-order valence-electron chi connectivity index (χ4n) is 8.18. The number of aliphatic imine (C=N–C) groups is 1. The molecule has 3 aliphatic rings. The molecule has 0 radical (unpaired) electrons. The van der Waals surface area contributed by atoms with E-state index in [-0.39, 0.29) is 49.4 Å². The Balaban J connectivity index is 0.863. The molecular formula is C50H58F3N7O8S. The summed E-state index contributed by atoms with van der Waals surface area (Å²) >= 11 is 5.62. The third kappa shape index (κ3) is 12.9. The molecular weight excluding hydrogens is 916 g/mol. The number of aliphatic hydroxyl groups is 1. The fraction of sp³-hybridized carbons (Fsp3) is 0.460. The van der Waals surface area contributed by atoms with E-state index >= 15 is 0 Å². The van der Waals surface area contributed by atoms with E-state index in [1.807, 2.05) is 51.1 Å². The molecule has 19 heteroatoms. The second kappa shape index (κ2) is 22.5. The number of aliphatic hydroxyl groups excluding tert-OH is 1. The molecule has 0 saturated carbocycles. The Labute approximate surface area is 405 Å². The minimum Gasteiger partial charge on any atom is -0.494 e. The van der Waals surface area contributed by atoms with Crippen LogP contribution >= 0.6 is 12.2 Å². The number of carbonyl (C=O) groups excluding carboxylic acids is 4. The average Bonchev–Trinajstić information content (AvgIpc) is 4.03. The predicted molar refractivity (Wildman–Crippen MR) is 257 cm³/mol. The molecule has 69 heavy (non-hydrogen) atoms. The highest BCUT2D eigenvalue weighted by Crippen LogP contribution is 2.40. The number of ether oxygens (including phenoxy) is 3. The maximum atomic E-state index is 13.9. The Morgan fingerprint density at radius 1 is 0.957 bits per heavy atom. The molecule has 6 rings (SSSR count). The van der Waals surface area contributed by atoms with Gasteiger partial charge in [0.15, 0.2) is 5.11 Å². The molecule has 3 N–H and O–H groups in total. The zero-order valence-electron chi connectivity index (χ0n) is 39.3. The van der Waals surface area contributed by atoms with Crippen LogP contribution < -0.4 is 25.2 Å². The van der Waals surface area contributed by atoms with E-state index in [4.69, 9.17) is 26.4 Å². The van der Waals surface area contributed by atoms with Gasteiger partial charge in [0.2, 0.25) is 17.7 Å². The standard InChI is InChI=1S/C50H58F3N7O8S/c1-48(2,3)43(45(64)58-30-38(61)26-41(58)44(63)56-28-32-9-11-33(12-10-32)35-19-20-55-29-35)57-42(62)31-67-23-8-22-66-21-6-7-24-68-39-17-15-36(16-18-39)60-47(69)59(46(65)49(60,4)5)37-14-13-34(27-54)40(25-37)50(51,52)53/h9-20,25,38,41,43,61H,6-8,21-24,26,28-31H2,1-5H3,(H,56,63)(H,57,62)/t38-,41+,43-/m1/s1. The van der Waals surface area contributed by atoms with Gasteiger partial charge in [0.1, 0.15) is 30.0 Å². The molecule has 368 valence electrons. The fourth-order valence-corrected chi connectivity index (χ4v) is 8.70. The SMILES string of the molecule is CC(C)(C)[C@H](NC(=O)COCCCOCCCCOc1ccc(N2C(=S)N(c3ccc(C#N)c(C(F)(F)F)c3)C(=O)C2(C)C)cc1)C(=O)N1C[C@H](O)C[C@H]1C(=O)NCc1ccc(C2=CC=NC2)cc1. The summed E-state index contributed by atoms with van der Waals surface area (Å²) in [4.78, 5) is 62.0. The first-order valence-electron chi connectivity index (χ1n) is 22.7. The van der Waals surface area contributed by atoms with Gasteiger partial charge in [-0.2, -0.15) is 18.4 Å². The largest absolute Gasteiger partial charge is 0.494 e. The molecule has 2 fully saturated rings. The molecule has 15 nitrogen and oxygen atoms in total. The van der Waals surface area contributed by atoms with Crippen molar-refractivity contribution >= 4 is 64.1 Å². The van der Waals surface area contributed by atoms with Crippen molar-refractivity contribution in [1.29, 1.82) is 5.26 Å². The predicted octanol–water partition coefficient (Wildman–Crippen LogP) is 6.35. The Bertz CT molecular complexity index is 2470. The smallest absolute Gasteiger partial charge is 0.417 e. The molecule has 3 aromatic carbocycles. The number of anilines is 2. The summed E-state index contributed by atoms with van der Waals surface area (Å²) < 4.78 is 58.3. The summed E-state index contributed by atoms with van der Waals surface area (Å²) in [5.41, 5.74) is -0.144. The number of allylic oxidation sites excluding steroid dienone is 1. The summed E-state index contributed by atoms with van der Waals surface area (Å²) in [5, 5.41) is 25.4. The van der Waals surface area contributed by atoms with Crippen LogP contribution in [0.5, 0.6) is 5.75 Å².